The minimum atomic E-state index is 0.112. The second kappa shape index (κ2) is 6.08. The molecule has 7 heteroatoms. The van der Waals surface area contributed by atoms with Gasteiger partial charge in [-0.05, 0) is 26.0 Å². The molecule has 0 amide bonds. The van der Waals surface area contributed by atoms with Gasteiger partial charge in [0, 0.05) is 17.5 Å². The Morgan fingerprint density at radius 2 is 2.11 bits per heavy atom. The molecule has 0 aliphatic rings. The normalized spacial score (nSPS) is 12.2. The quantitative estimate of drug-likeness (QED) is 0.789. The molecule has 0 aliphatic heterocycles. The third kappa shape index (κ3) is 3.71. The number of aromatic nitrogens is 2. The summed E-state index contributed by atoms with van der Waals surface area (Å²) in [5.74, 6) is 1.66. The van der Waals surface area contributed by atoms with Gasteiger partial charge in [-0.3, -0.25) is 0 Å². The average Bonchev–Trinajstić information content (AvgIpc) is 2.75. The summed E-state index contributed by atoms with van der Waals surface area (Å²) in [6.07, 6.45) is 0. The zero-order chi connectivity index (χ0) is 13.8. The molecule has 5 nitrogen and oxygen atoms in total. The third-order valence-corrected chi connectivity index (χ3v) is 3.90. The van der Waals surface area contributed by atoms with Crippen LogP contribution in [0.2, 0.25) is 4.34 Å². The molecule has 0 bridgehead atoms. The molecule has 1 atom stereocenters. The number of hydrogen-bond donors (Lipinski definition) is 3. The second-order valence-electron chi connectivity index (χ2n) is 4.03. The minimum absolute atomic E-state index is 0.112. The van der Waals surface area contributed by atoms with Crippen LogP contribution in [0.3, 0.4) is 0 Å². The van der Waals surface area contributed by atoms with Gasteiger partial charge in [0.1, 0.15) is 11.6 Å². The van der Waals surface area contributed by atoms with Crippen molar-refractivity contribution in [3.63, 3.8) is 0 Å². The van der Waals surface area contributed by atoms with Crippen LogP contribution in [0.25, 0.3) is 0 Å². The highest BCUT2D eigenvalue weighted by Crippen LogP contribution is 2.29. The molecule has 19 heavy (non-hydrogen) atoms. The van der Waals surface area contributed by atoms with E-state index < -0.39 is 0 Å². The SMILES string of the molecule is CCNc1cc(NC(C)c2ccc(Cl)s2)nc(N)n1. The summed E-state index contributed by atoms with van der Waals surface area (Å²) >= 11 is 7.48. The molecule has 0 saturated carbocycles. The van der Waals surface area contributed by atoms with Crippen molar-refractivity contribution in [3.05, 3.63) is 27.4 Å². The van der Waals surface area contributed by atoms with Crippen molar-refractivity contribution >= 4 is 40.5 Å². The highest BCUT2D eigenvalue weighted by molar-refractivity contribution is 7.16. The van der Waals surface area contributed by atoms with E-state index in [-0.39, 0.29) is 12.0 Å². The molecule has 1 unspecified atom stereocenters. The Kier molecular flexibility index (Phi) is 4.44. The van der Waals surface area contributed by atoms with Crippen molar-refractivity contribution in [1.82, 2.24) is 9.97 Å². The summed E-state index contributed by atoms with van der Waals surface area (Å²) in [5, 5.41) is 6.41. The smallest absolute Gasteiger partial charge is 0.223 e. The third-order valence-electron chi connectivity index (χ3n) is 2.49. The van der Waals surface area contributed by atoms with Gasteiger partial charge in [0.25, 0.3) is 0 Å². The highest BCUT2D eigenvalue weighted by atomic mass is 35.5. The van der Waals surface area contributed by atoms with Gasteiger partial charge >= 0.3 is 0 Å². The second-order valence-corrected chi connectivity index (χ2v) is 5.78. The van der Waals surface area contributed by atoms with Crippen molar-refractivity contribution in [2.45, 2.75) is 19.9 Å². The molecule has 2 heterocycles. The molecule has 2 rings (SSSR count). The van der Waals surface area contributed by atoms with Crippen LogP contribution in [0.4, 0.5) is 17.6 Å². The Balaban J connectivity index is 2.14. The molecule has 0 saturated heterocycles. The van der Waals surface area contributed by atoms with Crippen molar-refractivity contribution < 1.29 is 0 Å². The summed E-state index contributed by atoms with van der Waals surface area (Å²) in [7, 11) is 0. The summed E-state index contributed by atoms with van der Waals surface area (Å²) in [5.41, 5.74) is 5.69. The number of hydrogen-bond acceptors (Lipinski definition) is 6. The van der Waals surface area contributed by atoms with Crippen LogP contribution < -0.4 is 16.4 Å². The van der Waals surface area contributed by atoms with E-state index in [9.17, 15) is 0 Å². The van der Waals surface area contributed by atoms with E-state index in [0.717, 1.165) is 15.8 Å². The number of nitrogens with one attached hydrogen (secondary N) is 2. The number of nitrogen functional groups attached to an aromatic ring is 1. The average molecular weight is 298 g/mol. The predicted octanol–water partition coefficient (Wildman–Crippen LogP) is 3.38. The summed E-state index contributed by atoms with van der Waals surface area (Å²) in [4.78, 5) is 9.43. The lowest BCUT2D eigenvalue weighted by molar-refractivity contribution is 0.894. The molecule has 2 aromatic heterocycles. The van der Waals surface area contributed by atoms with E-state index in [1.807, 2.05) is 32.0 Å². The molecule has 0 aliphatic carbocycles. The van der Waals surface area contributed by atoms with Crippen molar-refractivity contribution in [2.24, 2.45) is 0 Å². The van der Waals surface area contributed by atoms with E-state index >= 15 is 0 Å². The van der Waals surface area contributed by atoms with Gasteiger partial charge in [0.2, 0.25) is 5.95 Å². The standard InChI is InChI=1S/C12H16ClN5S/c1-3-15-10-6-11(18-12(14)17-10)16-7(2)8-4-5-9(13)19-8/h4-7H,3H2,1-2H3,(H4,14,15,16,17,18). The first-order valence-electron chi connectivity index (χ1n) is 5.98. The zero-order valence-electron chi connectivity index (χ0n) is 10.8. The van der Waals surface area contributed by atoms with Crippen molar-refractivity contribution in [2.75, 3.05) is 22.9 Å². The lowest BCUT2D eigenvalue weighted by Gasteiger charge is -2.14. The predicted molar refractivity (Wildman–Crippen MR) is 82.0 cm³/mol. The van der Waals surface area contributed by atoms with Gasteiger partial charge < -0.3 is 16.4 Å². The summed E-state index contributed by atoms with van der Waals surface area (Å²) in [6, 6.07) is 5.84. The van der Waals surface area contributed by atoms with Crippen molar-refractivity contribution in [3.8, 4) is 0 Å². The number of nitrogens with two attached hydrogens (primary N) is 1. The van der Waals surface area contributed by atoms with Crippen LogP contribution in [0.15, 0.2) is 18.2 Å². The van der Waals surface area contributed by atoms with Gasteiger partial charge in [-0.1, -0.05) is 11.6 Å². The Morgan fingerprint density at radius 3 is 2.74 bits per heavy atom. The lowest BCUT2D eigenvalue weighted by Crippen LogP contribution is -2.10. The zero-order valence-corrected chi connectivity index (χ0v) is 12.3. The molecule has 0 aromatic carbocycles. The van der Waals surface area contributed by atoms with Crippen LogP contribution in [-0.4, -0.2) is 16.5 Å². The number of halogens is 1. The largest absolute Gasteiger partial charge is 0.370 e. The van der Waals surface area contributed by atoms with Crippen LogP contribution in [0.5, 0.6) is 0 Å². The lowest BCUT2D eigenvalue weighted by atomic mass is 10.3. The number of anilines is 3. The maximum absolute atomic E-state index is 5.93. The molecule has 102 valence electrons. The Bertz CT molecular complexity index is 557. The molecular formula is C12H16ClN5S. The topological polar surface area (TPSA) is 75.9 Å². The van der Waals surface area contributed by atoms with Gasteiger partial charge in [0.05, 0.1) is 10.4 Å². The molecule has 0 radical (unpaired) electrons. The molecule has 0 spiro atoms. The molecule has 4 N–H and O–H groups in total. The fraction of sp³-hybridized carbons (Fsp3) is 0.333. The first kappa shape index (κ1) is 13.9. The van der Waals surface area contributed by atoms with Gasteiger partial charge in [-0.15, -0.1) is 11.3 Å². The number of rotatable bonds is 5. The van der Waals surface area contributed by atoms with Crippen molar-refractivity contribution in [1.29, 1.82) is 0 Å². The van der Waals surface area contributed by atoms with Crippen LogP contribution in [-0.2, 0) is 0 Å². The van der Waals surface area contributed by atoms with Gasteiger partial charge in [-0.25, -0.2) is 0 Å². The Morgan fingerprint density at radius 1 is 1.37 bits per heavy atom. The van der Waals surface area contributed by atoms with Gasteiger partial charge in [-0.2, -0.15) is 9.97 Å². The number of nitrogens with zero attached hydrogens (tertiary/aromatic N) is 2. The van der Waals surface area contributed by atoms with E-state index in [1.165, 1.54) is 0 Å². The van der Waals surface area contributed by atoms with Crippen LogP contribution in [0, 0.1) is 0 Å². The maximum Gasteiger partial charge on any atom is 0.223 e. The fourth-order valence-corrected chi connectivity index (χ4v) is 2.73. The van der Waals surface area contributed by atoms with Gasteiger partial charge in [0.15, 0.2) is 0 Å². The fourth-order valence-electron chi connectivity index (χ4n) is 1.67. The molecule has 0 fully saturated rings. The first-order chi connectivity index (χ1) is 9.08. The number of thiophene rings is 1. The van der Waals surface area contributed by atoms with Crippen LogP contribution >= 0.6 is 22.9 Å². The van der Waals surface area contributed by atoms with Crippen LogP contribution in [0.1, 0.15) is 24.8 Å². The van der Waals surface area contributed by atoms with E-state index in [0.29, 0.717) is 11.6 Å². The van der Waals surface area contributed by atoms with E-state index in [4.69, 9.17) is 17.3 Å². The van der Waals surface area contributed by atoms with E-state index in [2.05, 4.69) is 20.6 Å². The monoisotopic (exact) mass is 297 g/mol. The highest BCUT2D eigenvalue weighted by Gasteiger charge is 2.10. The Hall–Kier alpha value is -1.53. The first-order valence-corrected chi connectivity index (χ1v) is 7.18. The minimum Gasteiger partial charge on any atom is -0.370 e. The summed E-state index contributed by atoms with van der Waals surface area (Å²) < 4.78 is 0.777. The van der Waals surface area contributed by atoms with E-state index in [1.54, 1.807) is 11.3 Å². The Labute approximate surface area is 121 Å². The molecule has 2 aromatic rings. The molecular weight excluding hydrogens is 282 g/mol. The maximum atomic E-state index is 5.93. The summed E-state index contributed by atoms with van der Waals surface area (Å²) in [6.45, 7) is 4.83.